The van der Waals surface area contributed by atoms with E-state index in [2.05, 4.69) is 0 Å². The maximum Gasteiger partial charge on any atom is 0.282 e. The van der Waals surface area contributed by atoms with E-state index in [0.717, 1.165) is 5.69 Å². The molecule has 0 aromatic heterocycles. The molecule has 0 bridgehead atoms. The van der Waals surface area contributed by atoms with E-state index in [4.69, 9.17) is 9.47 Å². The molecule has 7 nitrogen and oxygen atoms in total. The van der Waals surface area contributed by atoms with Crippen LogP contribution in [0.3, 0.4) is 0 Å². The zero-order valence-electron chi connectivity index (χ0n) is 18.5. The summed E-state index contributed by atoms with van der Waals surface area (Å²) in [4.78, 5) is 32.3. The summed E-state index contributed by atoms with van der Waals surface area (Å²) in [6.45, 7) is 1.78. The number of imide groups is 1. The van der Waals surface area contributed by atoms with Crippen LogP contribution in [0.25, 0.3) is 5.57 Å². The second-order valence-corrected chi connectivity index (χ2v) is 7.42. The van der Waals surface area contributed by atoms with E-state index in [9.17, 15) is 9.59 Å². The van der Waals surface area contributed by atoms with Gasteiger partial charge in [-0.15, -0.1) is 0 Å². The number of rotatable bonds is 10. The highest BCUT2D eigenvalue weighted by atomic mass is 16.5. The number of amides is 2. The van der Waals surface area contributed by atoms with Crippen molar-refractivity contribution in [3.05, 3.63) is 65.9 Å². The van der Waals surface area contributed by atoms with Gasteiger partial charge < -0.3 is 19.3 Å². The SMILES string of the molecule is COCCN(CCOC)C1=C(c2ccccc2)C(=O)N(c2cccc(N(C)C)c2)C1=O. The summed E-state index contributed by atoms with van der Waals surface area (Å²) in [7, 11) is 7.06. The van der Waals surface area contributed by atoms with Gasteiger partial charge in [-0.3, -0.25) is 9.59 Å². The molecule has 0 aliphatic carbocycles. The van der Waals surface area contributed by atoms with Crippen LogP contribution in [-0.4, -0.2) is 71.3 Å². The number of nitrogens with zero attached hydrogens (tertiary/aromatic N) is 3. The molecule has 7 heteroatoms. The van der Waals surface area contributed by atoms with E-state index >= 15 is 0 Å². The molecule has 164 valence electrons. The summed E-state index contributed by atoms with van der Waals surface area (Å²) in [5, 5.41) is 0. The standard InChI is InChI=1S/C24H29N3O4/c1-25(2)19-11-8-12-20(17-19)27-23(28)21(18-9-6-5-7-10-18)22(24(27)29)26(13-15-30-3)14-16-31-4/h5-12,17H,13-16H2,1-4H3. The molecule has 0 saturated heterocycles. The van der Waals surface area contributed by atoms with Crippen molar-refractivity contribution in [1.29, 1.82) is 0 Å². The van der Waals surface area contributed by atoms with E-state index in [0.29, 0.717) is 48.8 Å². The summed E-state index contributed by atoms with van der Waals surface area (Å²) in [5.41, 5.74) is 2.93. The highest BCUT2D eigenvalue weighted by Gasteiger charge is 2.42. The maximum absolute atomic E-state index is 13.7. The Morgan fingerprint density at radius 2 is 1.48 bits per heavy atom. The Morgan fingerprint density at radius 3 is 2.06 bits per heavy atom. The van der Waals surface area contributed by atoms with Crippen molar-refractivity contribution in [2.75, 3.05) is 64.4 Å². The van der Waals surface area contributed by atoms with Crippen molar-refractivity contribution < 1.29 is 19.1 Å². The first-order valence-corrected chi connectivity index (χ1v) is 10.2. The van der Waals surface area contributed by atoms with Crippen molar-refractivity contribution in [2.24, 2.45) is 0 Å². The quantitative estimate of drug-likeness (QED) is 0.548. The first kappa shape index (κ1) is 22.5. The van der Waals surface area contributed by atoms with Crippen LogP contribution >= 0.6 is 0 Å². The molecule has 0 fully saturated rings. The van der Waals surface area contributed by atoms with Gasteiger partial charge in [-0.1, -0.05) is 36.4 Å². The van der Waals surface area contributed by atoms with Crippen molar-refractivity contribution in [1.82, 2.24) is 4.90 Å². The van der Waals surface area contributed by atoms with Gasteiger partial charge in [0.25, 0.3) is 11.8 Å². The molecule has 0 saturated carbocycles. The van der Waals surface area contributed by atoms with Gasteiger partial charge in [0.05, 0.1) is 24.5 Å². The van der Waals surface area contributed by atoms with E-state index < -0.39 is 0 Å². The molecule has 0 unspecified atom stereocenters. The first-order valence-electron chi connectivity index (χ1n) is 10.2. The summed E-state index contributed by atoms with van der Waals surface area (Å²) in [5.74, 6) is -0.672. The van der Waals surface area contributed by atoms with Crippen molar-refractivity contribution in [3.63, 3.8) is 0 Å². The number of ether oxygens (including phenoxy) is 2. The van der Waals surface area contributed by atoms with Gasteiger partial charge in [0.1, 0.15) is 5.70 Å². The van der Waals surface area contributed by atoms with E-state index in [1.807, 2.05) is 72.4 Å². The van der Waals surface area contributed by atoms with Crippen LogP contribution in [0.4, 0.5) is 11.4 Å². The number of carbonyl (C=O) groups excluding carboxylic acids is 2. The lowest BCUT2D eigenvalue weighted by Gasteiger charge is -2.26. The van der Waals surface area contributed by atoms with Gasteiger partial charge in [0.15, 0.2) is 0 Å². The topological polar surface area (TPSA) is 62.3 Å². The minimum atomic E-state index is -0.341. The minimum absolute atomic E-state index is 0.332. The lowest BCUT2D eigenvalue weighted by Crippen LogP contribution is -2.37. The summed E-state index contributed by atoms with van der Waals surface area (Å²) >= 11 is 0. The Balaban J connectivity index is 2.10. The van der Waals surface area contributed by atoms with Crippen molar-refractivity contribution >= 4 is 28.8 Å². The van der Waals surface area contributed by atoms with Gasteiger partial charge in [0.2, 0.25) is 0 Å². The van der Waals surface area contributed by atoms with E-state index in [1.54, 1.807) is 20.3 Å². The Hall–Kier alpha value is -3.16. The van der Waals surface area contributed by atoms with Crippen LogP contribution < -0.4 is 9.80 Å². The molecule has 0 spiro atoms. The average molecular weight is 424 g/mol. The fourth-order valence-electron chi connectivity index (χ4n) is 3.56. The summed E-state index contributed by atoms with van der Waals surface area (Å²) in [6.07, 6.45) is 0. The van der Waals surface area contributed by atoms with Crippen LogP contribution in [0.15, 0.2) is 60.3 Å². The number of anilines is 2. The van der Waals surface area contributed by atoms with Crippen LogP contribution in [0.1, 0.15) is 5.56 Å². The molecule has 0 radical (unpaired) electrons. The van der Waals surface area contributed by atoms with Crippen LogP contribution in [-0.2, 0) is 19.1 Å². The van der Waals surface area contributed by atoms with Gasteiger partial charge in [-0.25, -0.2) is 4.90 Å². The molecule has 0 atom stereocenters. The first-order chi connectivity index (χ1) is 15.0. The van der Waals surface area contributed by atoms with Gasteiger partial charge >= 0.3 is 0 Å². The number of benzene rings is 2. The fraction of sp³-hybridized carbons (Fsp3) is 0.333. The van der Waals surface area contributed by atoms with Crippen LogP contribution in [0, 0.1) is 0 Å². The monoisotopic (exact) mass is 423 g/mol. The molecule has 2 aromatic rings. The fourth-order valence-corrected chi connectivity index (χ4v) is 3.56. The normalized spacial score (nSPS) is 13.9. The van der Waals surface area contributed by atoms with Crippen LogP contribution in [0.2, 0.25) is 0 Å². The van der Waals surface area contributed by atoms with Gasteiger partial charge in [-0.05, 0) is 23.8 Å². The second kappa shape index (κ2) is 10.2. The molecule has 1 aliphatic rings. The average Bonchev–Trinajstić information content (AvgIpc) is 3.04. The predicted octanol–water partition coefficient (Wildman–Crippen LogP) is 2.63. The number of hydrogen-bond acceptors (Lipinski definition) is 6. The Kier molecular flexibility index (Phi) is 7.44. The highest BCUT2D eigenvalue weighted by Crippen LogP contribution is 2.35. The lowest BCUT2D eigenvalue weighted by atomic mass is 10.0. The molecule has 2 aromatic carbocycles. The molecule has 31 heavy (non-hydrogen) atoms. The number of hydrogen-bond donors (Lipinski definition) is 0. The molecule has 0 N–H and O–H groups in total. The Bertz CT molecular complexity index is 948. The van der Waals surface area contributed by atoms with Crippen molar-refractivity contribution in [2.45, 2.75) is 0 Å². The van der Waals surface area contributed by atoms with E-state index in [-0.39, 0.29) is 11.8 Å². The Morgan fingerprint density at radius 1 is 0.839 bits per heavy atom. The smallest absolute Gasteiger partial charge is 0.282 e. The second-order valence-electron chi connectivity index (χ2n) is 7.42. The van der Waals surface area contributed by atoms with Crippen molar-refractivity contribution in [3.8, 4) is 0 Å². The number of methoxy groups -OCH3 is 2. The molecule has 3 rings (SSSR count). The summed E-state index contributed by atoms with van der Waals surface area (Å²) in [6, 6.07) is 16.7. The van der Waals surface area contributed by atoms with Gasteiger partial charge in [0, 0.05) is 47.1 Å². The third-order valence-corrected chi connectivity index (χ3v) is 5.17. The third kappa shape index (κ3) is 4.78. The van der Waals surface area contributed by atoms with E-state index in [1.165, 1.54) is 4.90 Å². The largest absolute Gasteiger partial charge is 0.383 e. The Labute approximate surface area is 183 Å². The maximum atomic E-state index is 13.7. The van der Waals surface area contributed by atoms with Gasteiger partial charge in [-0.2, -0.15) is 0 Å². The minimum Gasteiger partial charge on any atom is -0.383 e. The zero-order chi connectivity index (χ0) is 22.4. The molecule has 1 aliphatic heterocycles. The third-order valence-electron chi connectivity index (χ3n) is 5.17. The molecular formula is C24H29N3O4. The summed E-state index contributed by atoms with van der Waals surface area (Å²) < 4.78 is 10.5. The number of carbonyl (C=O) groups is 2. The molecule has 1 heterocycles. The highest BCUT2D eigenvalue weighted by molar-refractivity contribution is 6.45. The lowest BCUT2D eigenvalue weighted by molar-refractivity contribution is -0.120. The molecule has 2 amide bonds. The zero-order valence-corrected chi connectivity index (χ0v) is 18.5. The predicted molar refractivity (Wildman–Crippen MR) is 122 cm³/mol. The van der Waals surface area contributed by atoms with Crippen LogP contribution in [0.5, 0.6) is 0 Å². The molecular weight excluding hydrogens is 394 g/mol.